The average molecular weight is 504 g/mol. The van der Waals surface area contributed by atoms with Crippen LogP contribution in [0.15, 0.2) is 24.3 Å². The molecule has 1 saturated heterocycles. The molecule has 0 amide bonds. The number of aliphatic hydroxyl groups excluding tert-OH is 4. The average Bonchev–Trinajstić information content (AvgIpc) is 2.91. The van der Waals surface area contributed by atoms with Crippen LogP contribution in [0.3, 0.4) is 0 Å². The molecule has 0 aromatic heterocycles. The molecule has 0 spiro atoms. The Hall–Kier alpha value is -2.60. The van der Waals surface area contributed by atoms with E-state index in [-0.39, 0.29) is 6.04 Å². The second-order valence-corrected chi connectivity index (χ2v) is 9.40. The number of fused-ring (bicyclic) bond motifs is 4. The van der Waals surface area contributed by atoms with Crippen molar-refractivity contribution in [1.29, 1.82) is 0 Å². The van der Waals surface area contributed by atoms with Crippen LogP contribution >= 0.6 is 0 Å². The van der Waals surface area contributed by atoms with Crippen LogP contribution in [-0.2, 0) is 24.1 Å². The van der Waals surface area contributed by atoms with Gasteiger partial charge in [0, 0.05) is 24.7 Å². The van der Waals surface area contributed by atoms with Crippen molar-refractivity contribution in [2.75, 3.05) is 34.5 Å². The zero-order valence-electron chi connectivity index (χ0n) is 20.6. The number of ether oxygens (including phenoxy) is 5. The van der Waals surface area contributed by atoms with Crippen LogP contribution in [0.4, 0.5) is 0 Å². The highest BCUT2D eigenvalue weighted by molar-refractivity contribution is 5.55. The predicted octanol–water partition coefficient (Wildman–Crippen LogP) is 0.547. The summed E-state index contributed by atoms with van der Waals surface area (Å²) in [4.78, 5) is 2.37. The first-order valence-electron chi connectivity index (χ1n) is 12.0. The molecule has 2 aromatic rings. The maximum atomic E-state index is 10.5. The number of nitrogens with zero attached hydrogens (tertiary/aromatic N) is 1. The fraction of sp³-hybridized carbons (Fsp3) is 0.538. The summed E-state index contributed by atoms with van der Waals surface area (Å²) < 4.78 is 28.3. The van der Waals surface area contributed by atoms with Gasteiger partial charge in [0.1, 0.15) is 24.4 Å². The van der Waals surface area contributed by atoms with Gasteiger partial charge < -0.3 is 44.1 Å². The molecule has 5 rings (SSSR count). The van der Waals surface area contributed by atoms with Gasteiger partial charge in [-0.1, -0.05) is 6.07 Å². The molecule has 3 aliphatic rings. The second-order valence-electron chi connectivity index (χ2n) is 9.40. The summed E-state index contributed by atoms with van der Waals surface area (Å²) in [5.74, 6) is 2.30. The van der Waals surface area contributed by atoms with Gasteiger partial charge in [0.25, 0.3) is 0 Å². The molecule has 6 atom stereocenters. The van der Waals surface area contributed by atoms with Crippen LogP contribution in [0.2, 0.25) is 0 Å². The number of methoxy groups -OCH3 is 3. The summed E-state index contributed by atoms with van der Waals surface area (Å²) in [6.45, 7) is 0.888. The first kappa shape index (κ1) is 25.1. The lowest BCUT2D eigenvalue weighted by molar-refractivity contribution is -0.277. The van der Waals surface area contributed by atoms with Crippen molar-refractivity contribution in [2.24, 2.45) is 0 Å². The molecule has 3 aliphatic heterocycles. The van der Waals surface area contributed by atoms with E-state index in [9.17, 15) is 20.4 Å². The Morgan fingerprint density at radius 2 is 1.64 bits per heavy atom. The van der Waals surface area contributed by atoms with Crippen molar-refractivity contribution in [2.45, 2.75) is 56.1 Å². The van der Waals surface area contributed by atoms with E-state index < -0.39 is 37.3 Å². The standard InChI is InChI=1S/C26H33NO9/c1-32-18-5-4-13-8-17-15-10-20(34-3)19(33-2)9-14(15)6-7-27(17)11-16(13)25(18)36-26-24(31)23(30)22(29)21(12-28)35-26/h4-5,9-10,17,21-24,26,28-31H,6-8,11-12H2,1-3H3/t17-,21?,22?,23?,24?,26?/m0/s1. The summed E-state index contributed by atoms with van der Waals surface area (Å²) in [6.07, 6.45) is -5.26. The Labute approximate surface area is 209 Å². The van der Waals surface area contributed by atoms with Crippen LogP contribution in [0.1, 0.15) is 28.3 Å². The van der Waals surface area contributed by atoms with Crippen LogP contribution in [0.5, 0.6) is 23.0 Å². The van der Waals surface area contributed by atoms with E-state index in [4.69, 9.17) is 23.7 Å². The maximum absolute atomic E-state index is 10.5. The Morgan fingerprint density at radius 3 is 2.33 bits per heavy atom. The molecular weight excluding hydrogens is 470 g/mol. The van der Waals surface area contributed by atoms with E-state index in [1.54, 1.807) is 14.2 Å². The van der Waals surface area contributed by atoms with E-state index in [1.807, 2.05) is 12.1 Å². The van der Waals surface area contributed by atoms with Crippen LogP contribution in [0.25, 0.3) is 0 Å². The smallest absolute Gasteiger partial charge is 0.229 e. The topological polar surface area (TPSA) is 130 Å². The molecule has 10 heteroatoms. The van der Waals surface area contributed by atoms with Crippen molar-refractivity contribution in [3.63, 3.8) is 0 Å². The largest absolute Gasteiger partial charge is 0.493 e. The summed E-state index contributed by atoms with van der Waals surface area (Å²) in [6, 6.07) is 8.09. The quantitative estimate of drug-likeness (QED) is 0.443. The molecular formula is C26H33NO9. The van der Waals surface area contributed by atoms with Gasteiger partial charge in [0.2, 0.25) is 6.29 Å². The Kier molecular flexibility index (Phi) is 6.99. The Bertz CT molecular complexity index is 1110. The van der Waals surface area contributed by atoms with Gasteiger partial charge in [-0.25, -0.2) is 0 Å². The number of hydrogen-bond acceptors (Lipinski definition) is 10. The highest BCUT2D eigenvalue weighted by Crippen LogP contribution is 2.46. The van der Waals surface area contributed by atoms with Gasteiger partial charge in [0.15, 0.2) is 23.0 Å². The van der Waals surface area contributed by atoms with E-state index >= 15 is 0 Å². The lowest BCUT2D eigenvalue weighted by atomic mass is 9.83. The summed E-state index contributed by atoms with van der Waals surface area (Å²) in [5.41, 5.74) is 4.42. The SMILES string of the molecule is COc1cc2c(cc1OC)[C@@H]1Cc3ccc(OC)c(OC4OC(CO)C(O)C(O)C4O)c3CN1CC2. The number of aliphatic hydroxyl groups is 4. The third-order valence-corrected chi connectivity index (χ3v) is 7.51. The van der Waals surface area contributed by atoms with E-state index in [2.05, 4.69) is 17.0 Å². The van der Waals surface area contributed by atoms with Crippen molar-refractivity contribution in [1.82, 2.24) is 4.90 Å². The molecule has 3 heterocycles. The van der Waals surface area contributed by atoms with Gasteiger partial charge in [0.05, 0.1) is 27.9 Å². The van der Waals surface area contributed by atoms with Crippen molar-refractivity contribution >= 4 is 0 Å². The highest BCUT2D eigenvalue weighted by atomic mass is 16.7. The van der Waals surface area contributed by atoms with Crippen LogP contribution in [-0.4, -0.2) is 90.5 Å². The molecule has 0 aliphatic carbocycles. The normalized spacial score (nSPS) is 29.5. The number of hydrogen-bond donors (Lipinski definition) is 4. The van der Waals surface area contributed by atoms with Gasteiger partial charge in [-0.15, -0.1) is 0 Å². The number of benzene rings is 2. The first-order valence-corrected chi connectivity index (χ1v) is 12.0. The molecule has 36 heavy (non-hydrogen) atoms. The molecule has 0 radical (unpaired) electrons. The van der Waals surface area contributed by atoms with E-state index in [1.165, 1.54) is 18.2 Å². The maximum Gasteiger partial charge on any atom is 0.229 e. The summed E-state index contributed by atoms with van der Waals surface area (Å²) >= 11 is 0. The highest BCUT2D eigenvalue weighted by Gasteiger charge is 2.45. The van der Waals surface area contributed by atoms with Gasteiger partial charge in [-0.3, -0.25) is 4.90 Å². The molecule has 2 aromatic carbocycles. The van der Waals surface area contributed by atoms with Crippen molar-refractivity contribution in [3.8, 4) is 23.0 Å². The van der Waals surface area contributed by atoms with E-state index in [0.29, 0.717) is 23.8 Å². The minimum absolute atomic E-state index is 0.148. The Morgan fingerprint density at radius 1 is 0.917 bits per heavy atom. The lowest BCUT2D eigenvalue weighted by Gasteiger charge is -2.43. The molecule has 4 N–H and O–H groups in total. The van der Waals surface area contributed by atoms with Gasteiger partial charge >= 0.3 is 0 Å². The summed E-state index contributed by atoms with van der Waals surface area (Å²) in [5, 5.41) is 40.4. The molecule has 196 valence electrons. The van der Waals surface area contributed by atoms with Crippen LogP contribution in [0, 0.1) is 0 Å². The van der Waals surface area contributed by atoms with Crippen LogP contribution < -0.4 is 18.9 Å². The molecule has 5 unspecified atom stereocenters. The first-order chi connectivity index (χ1) is 17.4. The van der Waals surface area contributed by atoms with E-state index in [0.717, 1.165) is 36.3 Å². The van der Waals surface area contributed by atoms with Crippen molar-refractivity contribution in [3.05, 3.63) is 46.5 Å². The molecule has 0 saturated carbocycles. The second kappa shape index (κ2) is 10.0. The van der Waals surface area contributed by atoms with Gasteiger partial charge in [-0.05, 0) is 47.7 Å². The predicted molar refractivity (Wildman–Crippen MR) is 127 cm³/mol. The fourth-order valence-corrected chi connectivity index (χ4v) is 5.50. The third-order valence-electron chi connectivity index (χ3n) is 7.51. The molecule has 0 bridgehead atoms. The summed E-state index contributed by atoms with van der Waals surface area (Å²) in [7, 11) is 4.81. The minimum atomic E-state index is -1.53. The number of rotatable bonds is 6. The molecule has 1 fully saturated rings. The monoisotopic (exact) mass is 503 g/mol. The zero-order chi connectivity index (χ0) is 25.6. The fourth-order valence-electron chi connectivity index (χ4n) is 5.50. The lowest BCUT2D eigenvalue weighted by Crippen LogP contribution is -2.60. The van der Waals surface area contributed by atoms with Crippen molar-refractivity contribution < 1.29 is 44.1 Å². The minimum Gasteiger partial charge on any atom is -0.493 e. The Balaban J connectivity index is 1.48. The van der Waals surface area contributed by atoms with Gasteiger partial charge in [-0.2, -0.15) is 0 Å². The molecule has 10 nitrogen and oxygen atoms in total. The third kappa shape index (κ3) is 4.17. The zero-order valence-corrected chi connectivity index (χ0v) is 20.6.